The fourth-order valence-electron chi connectivity index (χ4n) is 2.13. The van der Waals surface area contributed by atoms with Crippen LogP contribution in [0, 0.1) is 0 Å². The van der Waals surface area contributed by atoms with Gasteiger partial charge in [0.1, 0.15) is 11.3 Å². The molecule has 0 saturated carbocycles. The monoisotopic (exact) mass is 331 g/mol. The number of hydrogen-bond acceptors (Lipinski definition) is 3. The van der Waals surface area contributed by atoms with E-state index in [9.17, 15) is 0 Å². The smallest absolute Gasteiger partial charge is 0.160 e. The third-order valence-electron chi connectivity index (χ3n) is 2.76. The van der Waals surface area contributed by atoms with Gasteiger partial charge in [-0.2, -0.15) is 0 Å². The van der Waals surface area contributed by atoms with Crippen LogP contribution < -0.4 is 0 Å². The highest BCUT2D eigenvalue weighted by atomic mass is 79.9. The molecule has 0 aliphatic rings. The normalized spacial score (nSPS) is 12.3. The van der Waals surface area contributed by atoms with E-state index in [1.165, 1.54) is 0 Å². The second-order valence-electron chi connectivity index (χ2n) is 4.74. The number of nitrogens with zero attached hydrogens (tertiary/aromatic N) is 3. The average Bonchev–Trinajstić information content (AvgIpc) is 2.66. The van der Waals surface area contributed by atoms with Crippen LogP contribution in [0.3, 0.4) is 0 Å². The van der Waals surface area contributed by atoms with E-state index in [-0.39, 0.29) is 5.54 Å². The number of methoxy groups -OCH3 is 1. The molecule has 0 aliphatic heterocycles. The molecule has 0 aliphatic carbocycles. The van der Waals surface area contributed by atoms with Crippen molar-refractivity contribution in [3.63, 3.8) is 0 Å². The van der Waals surface area contributed by atoms with Gasteiger partial charge in [-0.1, -0.05) is 0 Å². The van der Waals surface area contributed by atoms with Crippen LogP contribution in [0.25, 0.3) is 11.2 Å². The maximum atomic E-state index is 5.99. The van der Waals surface area contributed by atoms with Gasteiger partial charge in [0.2, 0.25) is 0 Å². The van der Waals surface area contributed by atoms with Gasteiger partial charge >= 0.3 is 0 Å². The lowest BCUT2D eigenvalue weighted by Gasteiger charge is -2.27. The van der Waals surface area contributed by atoms with E-state index in [2.05, 4.69) is 39.7 Å². The van der Waals surface area contributed by atoms with Crippen molar-refractivity contribution in [3.05, 3.63) is 22.6 Å². The van der Waals surface area contributed by atoms with Crippen molar-refractivity contribution in [1.29, 1.82) is 0 Å². The van der Waals surface area contributed by atoms with Crippen molar-refractivity contribution in [2.24, 2.45) is 0 Å². The minimum Gasteiger partial charge on any atom is -0.382 e. The molecule has 0 radical (unpaired) electrons. The van der Waals surface area contributed by atoms with Gasteiger partial charge in [-0.3, -0.25) is 0 Å². The Bertz CT molecular complexity index is 568. The number of halogens is 2. The Balaban J connectivity index is 2.67. The second-order valence-corrected chi connectivity index (χ2v) is 5.92. The minimum absolute atomic E-state index is 0.242. The number of ether oxygens (including phenoxy) is 1. The summed E-state index contributed by atoms with van der Waals surface area (Å²) in [5.74, 6) is 1.15. The molecule has 98 valence electrons. The highest BCUT2D eigenvalue weighted by Crippen LogP contribution is 2.26. The molecule has 0 amide bonds. The first-order chi connectivity index (χ1) is 8.49. The SMILES string of the molecule is COCC(C)(C)n1c(CCl)nc2cc(Br)cnc21. The molecule has 6 heteroatoms. The molecule has 18 heavy (non-hydrogen) atoms. The Labute approximate surface area is 119 Å². The van der Waals surface area contributed by atoms with E-state index in [1.54, 1.807) is 13.3 Å². The predicted octanol–water partition coefficient (Wildman–Crippen LogP) is 3.31. The van der Waals surface area contributed by atoms with Crippen molar-refractivity contribution in [2.45, 2.75) is 25.3 Å². The Morgan fingerprint density at radius 2 is 2.22 bits per heavy atom. The van der Waals surface area contributed by atoms with Gasteiger partial charge in [0.15, 0.2) is 5.65 Å². The van der Waals surface area contributed by atoms with Crippen LogP contribution in [0.4, 0.5) is 0 Å². The van der Waals surface area contributed by atoms with Crippen LogP contribution in [0.1, 0.15) is 19.7 Å². The quantitative estimate of drug-likeness (QED) is 0.806. The number of fused-ring (bicyclic) bond motifs is 1. The summed E-state index contributed by atoms with van der Waals surface area (Å²) in [6.07, 6.45) is 1.77. The molecular formula is C12H15BrClN3O. The van der Waals surface area contributed by atoms with Crippen molar-refractivity contribution in [3.8, 4) is 0 Å². The zero-order chi connectivity index (χ0) is 13.3. The van der Waals surface area contributed by atoms with Crippen LogP contribution >= 0.6 is 27.5 Å². The zero-order valence-corrected chi connectivity index (χ0v) is 12.9. The van der Waals surface area contributed by atoms with E-state index in [4.69, 9.17) is 16.3 Å². The first-order valence-corrected chi connectivity index (χ1v) is 6.90. The first-order valence-electron chi connectivity index (χ1n) is 5.58. The second kappa shape index (κ2) is 5.15. The lowest BCUT2D eigenvalue weighted by Crippen LogP contribution is -2.33. The van der Waals surface area contributed by atoms with E-state index in [0.29, 0.717) is 12.5 Å². The Hall–Kier alpha value is -0.650. The Kier molecular flexibility index (Phi) is 3.94. The molecule has 2 rings (SSSR count). The molecule has 2 aromatic rings. The van der Waals surface area contributed by atoms with Crippen LogP contribution in [-0.2, 0) is 16.2 Å². The fourth-order valence-corrected chi connectivity index (χ4v) is 2.63. The van der Waals surface area contributed by atoms with Gasteiger partial charge in [0.25, 0.3) is 0 Å². The summed E-state index contributed by atoms with van der Waals surface area (Å²) in [4.78, 5) is 8.96. The number of pyridine rings is 1. The molecule has 0 fully saturated rings. The van der Waals surface area contributed by atoms with E-state index < -0.39 is 0 Å². The van der Waals surface area contributed by atoms with Crippen LogP contribution in [-0.4, -0.2) is 28.3 Å². The van der Waals surface area contributed by atoms with Gasteiger partial charge in [-0.15, -0.1) is 11.6 Å². The topological polar surface area (TPSA) is 39.9 Å². The molecule has 0 atom stereocenters. The van der Waals surface area contributed by atoms with Crippen molar-refractivity contribution in [2.75, 3.05) is 13.7 Å². The Morgan fingerprint density at radius 1 is 1.50 bits per heavy atom. The standard InChI is InChI=1S/C12H15BrClN3O/c1-12(2,7-18-3)17-10(5-14)16-9-4-8(13)6-15-11(9)17/h4,6H,5,7H2,1-3H3. The molecule has 4 nitrogen and oxygen atoms in total. The molecule has 2 heterocycles. The first kappa shape index (κ1) is 13.8. The Morgan fingerprint density at radius 3 is 2.83 bits per heavy atom. The summed E-state index contributed by atoms with van der Waals surface area (Å²) in [7, 11) is 1.69. The van der Waals surface area contributed by atoms with Gasteiger partial charge in [0, 0.05) is 17.8 Å². The molecule has 2 aromatic heterocycles. The molecule has 0 spiro atoms. The minimum atomic E-state index is -0.242. The third kappa shape index (κ3) is 2.39. The van der Waals surface area contributed by atoms with Crippen LogP contribution in [0.5, 0.6) is 0 Å². The third-order valence-corrected chi connectivity index (χ3v) is 3.43. The van der Waals surface area contributed by atoms with Gasteiger partial charge in [-0.05, 0) is 35.8 Å². The zero-order valence-electron chi connectivity index (χ0n) is 10.6. The van der Waals surface area contributed by atoms with Gasteiger partial charge < -0.3 is 9.30 Å². The summed E-state index contributed by atoms with van der Waals surface area (Å²) < 4.78 is 8.23. The largest absolute Gasteiger partial charge is 0.382 e. The van der Waals surface area contributed by atoms with Gasteiger partial charge in [0.05, 0.1) is 18.0 Å². The molecule has 0 bridgehead atoms. The summed E-state index contributed by atoms with van der Waals surface area (Å²) in [5.41, 5.74) is 1.43. The van der Waals surface area contributed by atoms with Gasteiger partial charge in [-0.25, -0.2) is 9.97 Å². The average molecular weight is 333 g/mol. The van der Waals surface area contributed by atoms with Crippen molar-refractivity contribution >= 4 is 38.7 Å². The molecule has 0 aromatic carbocycles. The fraction of sp³-hybridized carbons (Fsp3) is 0.500. The summed E-state index contributed by atoms with van der Waals surface area (Å²) >= 11 is 9.39. The van der Waals surface area contributed by atoms with E-state index >= 15 is 0 Å². The molecule has 0 saturated heterocycles. The lowest BCUT2D eigenvalue weighted by atomic mass is 10.1. The molecule has 0 unspecified atom stereocenters. The highest BCUT2D eigenvalue weighted by molar-refractivity contribution is 9.10. The maximum Gasteiger partial charge on any atom is 0.160 e. The van der Waals surface area contributed by atoms with Crippen molar-refractivity contribution < 1.29 is 4.74 Å². The van der Waals surface area contributed by atoms with Crippen LogP contribution in [0.15, 0.2) is 16.7 Å². The highest BCUT2D eigenvalue weighted by Gasteiger charge is 2.26. The number of imidazole rings is 1. The number of aromatic nitrogens is 3. The molecular weight excluding hydrogens is 318 g/mol. The summed E-state index contributed by atoms with van der Waals surface area (Å²) in [6.45, 7) is 4.73. The van der Waals surface area contributed by atoms with E-state index in [1.807, 2.05) is 10.6 Å². The molecule has 0 N–H and O–H groups in total. The summed E-state index contributed by atoms with van der Waals surface area (Å²) in [5, 5.41) is 0. The summed E-state index contributed by atoms with van der Waals surface area (Å²) in [6, 6.07) is 1.94. The van der Waals surface area contributed by atoms with E-state index in [0.717, 1.165) is 21.5 Å². The maximum absolute atomic E-state index is 5.99. The predicted molar refractivity (Wildman–Crippen MR) is 76.0 cm³/mol. The number of alkyl halides is 1. The number of hydrogen-bond donors (Lipinski definition) is 0. The lowest BCUT2D eigenvalue weighted by molar-refractivity contribution is 0.110. The van der Waals surface area contributed by atoms with Crippen molar-refractivity contribution in [1.82, 2.24) is 14.5 Å². The number of rotatable bonds is 4. The van der Waals surface area contributed by atoms with Crippen LogP contribution in [0.2, 0.25) is 0 Å².